The zero-order valence-corrected chi connectivity index (χ0v) is 12.7. The molecule has 1 aromatic carbocycles. The molecule has 0 saturated carbocycles. The summed E-state index contributed by atoms with van der Waals surface area (Å²) >= 11 is 0. The second-order valence-corrected chi connectivity index (χ2v) is 5.34. The topological polar surface area (TPSA) is 21.3 Å². The molecule has 2 nitrogen and oxygen atoms in total. The van der Waals surface area contributed by atoms with Crippen LogP contribution in [0.25, 0.3) is 0 Å². The van der Waals surface area contributed by atoms with Gasteiger partial charge in [-0.25, -0.2) is 0 Å². The molecule has 0 amide bonds. The molecule has 0 saturated heterocycles. The number of benzene rings is 1. The third-order valence-electron chi connectivity index (χ3n) is 3.29. The standard InChI is InChI=1S/C17H29NO/c1-4-18-12-7-5-6-8-13-19-17-11-9-10-16(14-17)15(2)3/h9-11,14-15,18H,4-8,12-13H2,1-3H3. The van der Waals surface area contributed by atoms with Crippen molar-refractivity contribution >= 4 is 0 Å². The Morgan fingerprint density at radius 1 is 1.11 bits per heavy atom. The van der Waals surface area contributed by atoms with Crippen LogP contribution in [0.15, 0.2) is 24.3 Å². The van der Waals surface area contributed by atoms with E-state index in [4.69, 9.17) is 4.74 Å². The maximum absolute atomic E-state index is 5.81. The van der Waals surface area contributed by atoms with E-state index in [9.17, 15) is 0 Å². The molecule has 1 N–H and O–H groups in total. The fourth-order valence-electron chi connectivity index (χ4n) is 2.04. The van der Waals surface area contributed by atoms with Crippen LogP contribution < -0.4 is 10.1 Å². The Balaban J connectivity index is 2.10. The fourth-order valence-corrected chi connectivity index (χ4v) is 2.04. The molecule has 0 bridgehead atoms. The summed E-state index contributed by atoms with van der Waals surface area (Å²) in [5, 5.41) is 3.35. The smallest absolute Gasteiger partial charge is 0.119 e. The van der Waals surface area contributed by atoms with Crippen molar-refractivity contribution < 1.29 is 4.74 Å². The van der Waals surface area contributed by atoms with Crippen LogP contribution in [0.4, 0.5) is 0 Å². The lowest BCUT2D eigenvalue weighted by Gasteiger charge is -2.10. The monoisotopic (exact) mass is 263 g/mol. The van der Waals surface area contributed by atoms with E-state index in [-0.39, 0.29) is 0 Å². The second-order valence-electron chi connectivity index (χ2n) is 5.34. The molecule has 0 aliphatic heterocycles. The van der Waals surface area contributed by atoms with Gasteiger partial charge in [-0.05, 0) is 49.5 Å². The van der Waals surface area contributed by atoms with Gasteiger partial charge in [0.15, 0.2) is 0 Å². The van der Waals surface area contributed by atoms with Crippen molar-refractivity contribution in [2.75, 3.05) is 19.7 Å². The Bertz CT molecular complexity index is 336. The first-order valence-corrected chi connectivity index (χ1v) is 7.67. The van der Waals surface area contributed by atoms with E-state index in [0.717, 1.165) is 31.9 Å². The number of ether oxygens (including phenoxy) is 1. The minimum Gasteiger partial charge on any atom is -0.494 e. The molecule has 0 heterocycles. The molecule has 2 heteroatoms. The van der Waals surface area contributed by atoms with Crippen LogP contribution >= 0.6 is 0 Å². The van der Waals surface area contributed by atoms with Crippen LogP contribution in [-0.2, 0) is 0 Å². The number of nitrogens with one attached hydrogen (secondary N) is 1. The zero-order chi connectivity index (χ0) is 13.9. The first-order chi connectivity index (χ1) is 9.24. The second kappa shape index (κ2) is 9.85. The SMILES string of the molecule is CCNCCCCCCOc1cccc(C(C)C)c1. The fraction of sp³-hybridized carbons (Fsp3) is 0.647. The van der Waals surface area contributed by atoms with Gasteiger partial charge < -0.3 is 10.1 Å². The molecular formula is C17H29NO. The normalized spacial score (nSPS) is 10.9. The number of hydrogen-bond acceptors (Lipinski definition) is 2. The summed E-state index contributed by atoms with van der Waals surface area (Å²) in [6.45, 7) is 9.64. The zero-order valence-electron chi connectivity index (χ0n) is 12.7. The molecule has 0 atom stereocenters. The van der Waals surface area contributed by atoms with E-state index in [1.165, 1.54) is 24.8 Å². The summed E-state index contributed by atoms with van der Waals surface area (Å²) in [6, 6.07) is 8.46. The van der Waals surface area contributed by atoms with Gasteiger partial charge in [0.25, 0.3) is 0 Å². The summed E-state index contributed by atoms with van der Waals surface area (Å²) in [5.41, 5.74) is 1.35. The van der Waals surface area contributed by atoms with Gasteiger partial charge in [-0.3, -0.25) is 0 Å². The minimum atomic E-state index is 0.564. The molecular weight excluding hydrogens is 234 g/mol. The van der Waals surface area contributed by atoms with Gasteiger partial charge in [-0.15, -0.1) is 0 Å². The lowest BCUT2D eigenvalue weighted by molar-refractivity contribution is 0.304. The first-order valence-electron chi connectivity index (χ1n) is 7.67. The third kappa shape index (κ3) is 7.22. The molecule has 0 radical (unpaired) electrons. The highest BCUT2D eigenvalue weighted by Gasteiger charge is 2.00. The number of unbranched alkanes of at least 4 members (excludes halogenated alkanes) is 3. The Hall–Kier alpha value is -1.02. The maximum atomic E-state index is 5.81. The van der Waals surface area contributed by atoms with Crippen molar-refractivity contribution in [3.8, 4) is 5.75 Å². The van der Waals surface area contributed by atoms with E-state index in [1.54, 1.807) is 0 Å². The third-order valence-corrected chi connectivity index (χ3v) is 3.29. The van der Waals surface area contributed by atoms with Crippen molar-refractivity contribution in [1.82, 2.24) is 5.32 Å². The number of hydrogen-bond donors (Lipinski definition) is 1. The summed E-state index contributed by atoms with van der Waals surface area (Å²) in [5.74, 6) is 1.58. The van der Waals surface area contributed by atoms with Crippen molar-refractivity contribution in [1.29, 1.82) is 0 Å². The van der Waals surface area contributed by atoms with Crippen LogP contribution in [0.3, 0.4) is 0 Å². The van der Waals surface area contributed by atoms with Gasteiger partial charge >= 0.3 is 0 Å². The molecule has 1 rings (SSSR count). The molecule has 0 spiro atoms. The Morgan fingerprint density at radius 3 is 2.63 bits per heavy atom. The van der Waals surface area contributed by atoms with Crippen molar-refractivity contribution in [2.45, 2.75) is 52.4 Å². The highest BCUT2D eigenvalue weighted by Crippen LogP contribution is 2.20. The van der Waals surface area contributed by atoms with Crippen LogP contribution in [0.2, 0.25) is 0 Å². The Kier molecular flexibility index (Phi) is 8.31. The van der Waals surface area contributed by atoms with E-state index < -0.39 is 0 Å². The minimum absolute atomic E-state index is 0.564. The summed E-state index contributed by atoms with van der Waals surface area (Å²) in [7, 11) is 0. The highest BCUT2D eigenvalue weighted by molar-refractivity contribution is 5.30. The van der Waals surface area contributed by atoms with Crippen LogP contribution in [0, 0.1) is 0 Å². The van der Waals surface area contributed by atoms with Gasteiger partial charge in [0, 0.05) is 0 Å². The first kappa shape index (κ1) is 16.0. The van der Waals surface area contributed by atoms with Gasteiger partial charge in [0.1, 0.15) is 5.75 Å². The highest BCUT2D eigenvalue weighted by atomic mass is 16.5. The summed E-state index contributed by atoms with van der Waals surface area (Å²) in [4.78, 5) is 0. The quantitative estimate of drug-likeness (QED) is 0.633. The van der Waals surface area contributed by atoms with Crippen LogP contribution in [-0.4, -0.2) is 19.7 Å². The van der Waals surface area contributed by atoms with Gasteiger partial charge in [-0.1, -0.05) is 45.7 Å². The van der Waals surface area contributed by atoms with E-state index in [0.29, 0.717) is 5.92 Å². The maximum Gasteiger partial charge on any atom is 0.119 e. The molecule has 0 aliphatic carbocycles. The molecule has 0 aromatic heterocycles. The molecule has 19 heavy (non-hydrogen) atoms. The average Bonchev–Trinajstić information content (AvgIpc) is 2.42. The van der Waals surface area contributed by atoms with Gasteiger partial charge in [0.2, 0.25) is 0 Å². The van der Waals surface area contributed by atoms with Crippen molar-refractivity contribution in [3.63, 3.8) is 0 Å². The molecule has 0 unspecified atom stereocenters. The van der Waals surface area contributed by atoms with Gasteiger partial charge in [-0.2, -0.15) is 0 Å². The summed E-state index contributed by atoms with van der Waals surface area (Å²) < 4.78 is 5.81. The van der Waals surface area contributed by atoms with E-state index >= 15 is 0 Å². The molecule has 1 aromatic rings. The van der Waals surface area contributed by atoms with E-state index in [2.05, 4.69) is 50.4 Å². The van der Waals surface area contributed by atoms with E-state index in [1.807, 2.05) is 0 Å². The summed E-state index contributed by atoms with van der Waals surface area (Å²) in [6.07, 6.45) is 4.98. The molecule has 108 valence electrons. The lowest BCUT2D eigenvalue weighted by Crippen LogP contribution is -2.13. The lowest BCUT2D eigenvalue weighted by atomic mass is 10.0. The van der Waals surface area contributed by atoms with Crippen molar-refractivity contribution in [2.24, 2.45) is 0 Å². The Labute approximate surface area is 118 Å². The van der Waals surface area contributed by atoms with Crippen LogP contribution in [0.5, 0.6) is 5.75 Å². The average molecular weight is 263 g/mol. The Morgan fingerprint density at radius 2 is 1.89 bits per heavy atom. The predicted molar refractivity (Wildman–Crippen MR) is 83.0 cm³/mol. The van der Waals surface area contributed by atoms with Crippen molar-refractivity contribution in [3.05, 3.63) is 29.8 Å². The predicted octanol–water partition coefficient (Wildman–Crippen LogP) is 4.36. The van der Waals surface area contributed by atoms with Crippen LogP contribution in [0.1, 0.15) is 57.9 Å². The largest absolute Gasteiger partial charge is 0.494 e. The molecule has 0 aliphatic rings. The molecule has 0 fully saturated rings. The number of rotatable bonds is 10. The van der Waals surface area contributed by atoms with Gasteiger partial charge in [0.05, 0.1) is 6.61 Å².